The van der Waals surface area contributed by atoms with E-state index in [0.29, 0.717) is 12.5 Å². The largest absolute Gasteiger partial charge is 0.365 e. The molecule has 0 saturated heterocycles. The lowest BCUT2D eigenvalue weighted by atomic mass is 10.1. The van der Waals surface area contributed by atoms with Crippen LogP contribution in [0, 0.1) is 6.92 Å². The molecule has 1 aromatic heterocycles. The molecule has 2 aromatic carbocycles. The van der Waals surface area contributed by atoms with Crippen molar-refractivity contribution in [3.63, 3.8) is 0 Å². The molecule has 0 fully saturated rings. The maximum absolute atomic E-state index is 4.45. The maximum Gasteiger partial charge on any atom is 0.244 e. The van der Waals surface area contributed by atoms with Crippen molar-refractivity contribution in [2.45, 2.75) is 26.3 Å². The van der Waals surface area contributed by atoms with Gasteiger partial charge in [0.15, 0.2) is 5.82 Å². The molecule has 0 aliphatic heterocycles. The number of nitrogens with one attached hydrogen (secondary N) is 2. The molecule has 0 atom stereocenters. The maximum atomic E-state index is 4.45. The van der Waals surface area contributed by atoms with Crippen LogP contribution < -0.4 is 10.6 Å². The summed E-state index contributed by atoms with van der Waals surface area (Å²) < 4.78 is 0. The van der Waals surface area contributed by atoms with Gasteiger partial charge in [0.2, 0.25) is 5.95 Å². The zero-order valence-corrected chi connectivity index (χ0v) is 14.4. The van der Waals surface area contributed by atoms with Crippen molar-refractivity contribution in [1.29, 1.82) is 0 Å². The molecule has 0 unspecified atom stereocenters. The van der Waals surface area contributed by atoms with Gasteiger partial charge in [-0.2, -0.15) is 10.1 Å². The van der Waals surface area contributed by atoms with Crippen molar-refractivity contribution in [2.24, 2.45) is 0 Å². The SMILES string of the molecule is Cc1ccc(CNc2cnnc(NCCCc3ccccc3)n2)cc1. The third kappa shape index (κ3) is 5.57. The van der Waals surface area contributed by atoms with Gasteiger partial charge in [-0.15, -0.1) is 5.10 Å². The lowest BCUT2D eigenvalue weighted by Crippen LogP contribution is -2.09. The molecule has 0 bridgehead atoms. The number of aromatic nitrogens is 3. The second kappa shape index (κ2) is 8.78. The fourth-order valence-electron chi connectivity index (χ4n) is 2.50. The zero-order valence-electron chi connectivity index (χ0n) is 14.4. The Kier molecular flexibility index (Phi) is 5.93. The van der Waals surface area contributed by atoms with Crippen molar-refractivity contribution in [3.05, 3.63) is 77.5 Å². The highest BCUT2D eigenvalue weighted by Crippen LogP contribution is 2.09. The van der Waals surface area contributed by atoms with Crippen molar-refractivity contribution < 1.29 is 0 Å². The van der Waals surface area contributed by atoms with Crippen molar-refractivity contribution in [3.8, 4) is 0 Å². The smallest absolute Gasteiger partial charge is 0.244 e. The van der Waals surface area contributed by atoms with Crippen LogP contribution in [0.15, 0.2) is 60.8 Å². The summed E-state index contributed by atoms with van der Waals surface area (Å²) in [5.41, 5.74) is 3.81. The van der Waals surface area contributed by atoms with Gasteiger partial charge in [0.05, 0.1) is 6.20 Å². The molecule has 128 valence electrons. The van der Waals surface area contributed by atoms with Gasteiger partial charge in [-0.3, -0.25) is 0 Å². The van der Waals surface area contributed by atoms with E-state index in [-0.39, 0.29) is 0 Å². The Morgan fingerprint density at radius 3 is 2.48 bits per heavy atom. The average molecular weight is 333 g/mol. The van der Waals surface area contributed by atoms with Gasteiger partial charge in [-0.1, -0.05) is 60.2 Å². The highest BCUT2D eigenvalue weighted by atomic mass is 15.3. The highest BCUT2D eigenvalue weighted by molar-refractivity contribution is 5.38. The van der Waals surface area contributed by atoms with E-state index in [4.69, 9.17) is 0 Å². The number of benzene rings is 2. The van der Waals surface area contributed by atoms with E-state index in [9.17, 15) is 0 Å². The number of hydrogen-bond acceptors (Lipinski definition) is 5. The van der Waals surface area contributed by atoms with Crippen LogP contribution in [0.2, 0.25) is 0 Å². The summed E-state index contributed by atoms with van der Waals surface area (Å²) in [6.07, 6.45) is 3.70. The molecule has 0 amide bonds. The minimum absolute atomic E-state index is 0.557. The predicted molar refractivity (Wildman–Crippen MR) is 102 cm³/mol. The number of nitrogens with zero attached hydrogens (tertiary/aromatic N) is 3. The minimum Gasteiger partial charge on any atom is -0.365 e. The van der Waals surface area contributed by atoms with Crippen LogP contribution in [0.1, 0.15) is 23.1 Å². The normalized spacial score (nSPS) is 10.4. The lowest BCUT2D eigenvalue weighted by molar-refractivity contribution is 0.842. The third-order valence-corrected chi connectivity index (χ3v) is 3.92. The predicted octanol–water partition coefficient (Wildman–Crippen LogP) is 3.84. The highest BCUT2D eigenvalue weighted by Gasteiger charge is 2.01. The monoisotopic (exact) mass is 333 g/mol. The van der Waals surface area contributed by atoms with E-state index in [1.165, 1.54) is 16.7 Å². The first-order valence-corrected chi connectivity index (χ1v) is 8.56. The Balaban J connectivity index is 1.45. The van der Waals surface area contributed by atoms with Gasteiger partial charge in [0.1, 0.15) is 0 Å². The van der Waals surface area contributed by atoms with Crippen LogP contribution in [0.4, 0.5) is 11.8 Å². The Labute approximate surface area is 148 Å². The van der Waals surface area contributed by atoms with E-state index in [2.05, 4.69) is 81.3 Å². The molecule has 2 N–H and O–H groups in total. The first-order chi connectivity index (χ1) is 12.3. The summed E-state index contributed by atoms with van der Waals surface area (Å²) in [5.74, 6) is 1.28. The fraction of sp³-hybridized carbons (Fsp3) is 0.250. The van der Waals surface area contributed by atoms with Gasteiger partial charge in [0, 0.05) is 13.1 Å². The number of anilines is 2. The quantitative estimate of drug-likeness (QED) is 0.613. The number of rotatable bonds is 8. The van der Waals surface area contributed by atoms with E-state index < -0.39 is 0 Å². The van der Waals surface area contributed by atoms with Gasteiger partial charge < -0.3 is 10.6 Å². The van der Waals surface area contributed by atoms with Crippen LogP contribution in [-0.2, 0) is 13.0 Å². The van der Waals surface area contributed by atoms with Crippen LogP contribution in [0.3, 0.4) is 0 Å². The lowest BCUT2D eigenvalue weighted by Gasteiger charge is -2.08. The van der Waals surface area contributed by atoms with Gasteiger partial charge >= 0.3 is 0 Å². The van der Waals surface area contributed by atoms with E-state index in [1.807, 2.05) is 6.07 Å². The Hall–Kier alpha value is -2.95. The summed E-state index contributed by atoms with van der Waals surface area (Å²) in [5, 5.41) is 14.6. The summed E-state index contributed by atoms with van der Waals surface area (Å²) in [4.78, 5) is 4.45. The van der Waals surface area contributed by atoms with Crippen molar-refractivity contribution in [1.82, 2.24) is 15.2 Å². The molecule has 0 saturated carbocycles. The van der Waals surface area contributed by atoms with Gasteiger partial charge in [0.25, 0.3) is 0 Å². The first-order valence-electron chi connectivity index (χ1n) is 8.56. The van der Waals surface area contributed by atoms with Crippen LogP contribution in [0.25, 0.3) is 0 Å². The summed E-state index contributed by atoms with van der Waals surface area (Å²) in [6, 6.07) is 18.9. The van der Waals surface area contributed by atoms with Gasteiger partial charge in [-0.05, 0) is 30.9 Å². The van der Waals surface area contributed by atoms with E-state index >= 15 is 0 Å². The number of hydrogen-bond donors (Lipinski definition) is 2. The molecule has 0 spiro atoms. The Bertz CT molecular complexity index is 772. The standard InChI is InChI=1S/C20H23N5/c1-16-9-11-18(12-10-16)14-22-19-15-23-25-20(24-19)21-13-5-8-17-6-3-2-4-7-17/h2-4,6-7,9-12,15H,5,8,13-14H2,1H3,(H2,21,22,24,25). The molecule has 3 aromatic rings. The number of aryl methyl sites for hydroxylation is 2. The summed E-state index contributed by atoms with van der Waals surface area (Å²) in [7, 11) is 0. The van der Waals surface area contributed by atoms with Crippen molar-refractivity contribution in [2.75, 3.05) is 17.2 Å². The fourth-order valence-corrected chi connectivity index (χ4v) is 2.50. The van der Waals surface area contributed by atoms with Crippen LogP contribution in [-0.4, -0.2) is 21.7 Å². The van der Waals surface area contributed by atoms with Crippen LogP contribution in [0.5, 0.6) is 0 Å². The van der Waals surface area contributed by atoms with E-state index in [1.54, 1.807) is 6.20 Å². The van der Waals surface area contributed by atoms with Crippen LogP contribution >= 0.6 is 0 Å². The molecule has 1 heterocycles. The zero-order chi connectivity index (χ0) is 17.3. The molecule has 5 heteroatoms. The second-order valence-electron chi connectivity index (χ2n) is 6.02. The molecular weight excluding hydrogens is 310 g/mol. The summed E-state index contributed by atoms with van der Waals surface area (Å²) >= 11 is 0. The van der Waals surface area contributed by atoms with E-state index in [0.717, 1.165) is 25.2 Å². The molecule has 3 rings (SSSR count). The Morgan fingerprint density at radius 1 is 0.880 bits per heavy atom. The first kappa shape index (κ1) is 16.9. The van der Waals surface area contributed by atoms with Gasteiger partial charge in [-0.25, -0.2) is 0 Å². The topological polar surface area (TPSA) is 62.7 Å². The molecule has 5 nitrogen and oxygen atoms in total. The average Bonchev–Trinajstić information content (AvgIpc) is 2.66. The second-order valence-corrected chi connectivity index (χ2v) is 6.02. The summed E-state index contributed by atoms with van der Waals surface area (Å²) in [6.45, 7) is 3.62. The molecular formula is C20H23N5. The molecule has 0 aliphatic rings. The third-order valence-electron chi connectivity index (χ3n) is 3.92. The minimum atomic E-state index is 0.557. The molecule has 25 heavy (non-hydrogen) atoms. The molecule has 0 radical (unpaired) electrons. The Morgan fingerprint density at radius 2 is 1.68 bits per heavy atom. The molecule has 0 aliphatic carbocycles. The van der Waals surface area contributed by atoms with Crippen molar-refractivity contribution >= 4 is 11.8 Å².